The van der Waals surface area contributed by atoms with Crippen molar-refractivity contribution < 1.29 is 4.79 Å². The number of hydrogen-bond acceptors (Lipinski definition) is 2. The lowest BCUT2D eigenvalue weighted by Gasteiger charge is -2.33. The summed E-state index contributed by atoms with van der Waals surface area (Å²) in [6.07, 6.45) is 7.06. The summed E-state index contributed by atoms with van der Waals surface area (Å²) in [5, 5.41) is 0. The van der Waals surface area contributed by atoms with Crippen molar-refractivity contribution in [1.29, 1.82) is 0 Å². The van der Waals surface area contributed by atoms with Gasteiger partial charge in [-0.2, -0.15) is 0 Å². The van der Waals surface area contributed by atoms with Crippen LogP contribution in [0.3, 0.4) is 0 Å². The third-order valence-corrected chi connectivity index (χ3v) is 4.23. The van der Waals surface area contributed by atoms with Crippen LogP contribution in [0.25, 0.3) is 0 Å². The van der Waals surface area contributed by atoms with E-state index < -0.39 is 0 Å². The van der Waals surface area contributed by atoms with Crippen molar-refractivity contribution in [3.8, 4) is 0 Å². The number of carbonyl (C=O) groups is 1. The number of aldehydes is 1. The highest BCUT2D eigenvalue weighted by atomic mass is 16.1. The lowest BCUT2D eigenvalue weighted by atomic mass is 9.83. The van der Waals surface area contributed by atoms with Gasteiger partial charge in [0.25, 0.3) is 0 Å². The molecule has 1 aliphatic carbocycles. The summed E-state index contributed by atoms with van der Waals surface area (Å²) >= 11 is 0. The smallest absolute Gasteiger partial charge is 0.127 e. The van der Waals surface area contributed by atoms with Gasteiger partial charge in [0.05, 0.1) is 0 Å². The molecular weight excluding hydrogens is 210 g/mol. The van der Waals surface area contributed by atoms with Crippen LogP contribution in [0.1, 0.15) is 59.8 Å². The van der Waals surface area contributed by atoms with E-state index in [4.69, 9.17) is 0 Å². The van der Waals surface area contributed by atoms with Gasteiger partial charge < -0.3 is 4.79 Å². The summed E-state index contributed by atoms with van der Waals surface area (Å²) in [6.45, 7) is 11.0. The number of nitrogens with zero attached hydrogens (tertiary/aromatic N) is 1. The molecule has 1 aliphatic rings. The standard InChI is InChI=1S/C15H29NO/c1-5-15(6-2,12-17)11-16(14-7-8-14)10-9-13(3)4/h12-14H,5-11H2,1-4H3. The minimum atomic E-state index is -0.0976. The number of rotatable bonds is 9. The second-order valence-electron chi connectivity index (χ2n) is 6.07. The van der Waals surface area contributed by atoms with Gasteiger partial charge in [0, 0.05) is 18.0 Å². The van der Waals surface area contributed by atoms with Crippen molar-refractivity contribution in [2.24, 2.45) is 11.3 Å². The Morgan fingerprint density at radius 3 is 2.24 bits per heavy atom. The molecule has 0 amide bonds. The molecule has 1 rings (SSSR count). The summed E-state index contributed by atoms with van der Waals surface area (Å²) in [4.78, 5) is 13.9. The second kappa shape index (κ2) is 6.53. The fourth-order valence-corrected chi connectivity index (χ4v) is 2.34. The van der Waals surface area contributed by atoms with Crippen molar-refractivity contribution >= 4 is 6.29 Å². The summed E-state index contributed by atoms with van der Waals surface area (Å²) in [5.74, 6) is 0.755. The Hall–Kier alpha value is -0.370. The Kier molecular flexibility index (Phi) is 5.64. The van der Waals surface area contributed by atoms with Gasteiger partial charge in [-0.25, -0.2) is 0 Å². The van der Waals surface area contributed by atoms with Crippen molar-refractivity contribution in [3.63, 3.8) is 0 Å². The van der Waals surface area contributed by atoms with E-state index in [1.807, 2.05) is 0 Å². The summed E-state index contributed by atoms with van der Waals surface area (Å²) < 4.78 is 0. The first kappa shape index (κ1) is 14.7. The molecule has 0 radical (unpaired) electrons. The lowest BCUT2D eigenvalue weighted by Crippen LogP contribution is -2.40. The van der Waals surface area contributed by atoms with E-state index in [9.17, 15) is 4.79 Å². The van der Waals surface area contributed by atoms with Gasteiger partial charge in [-0.05, 0) is 44.6 Å². The van der Waals surface area contributed by atoms with E-state index in [0.717, 1.165) is 37.9 Å². The molecule has 2 nitrogen and oxygen atoms in total. The molecule has 0 heterocycles. The molecule has 0 aromatic rings. The van der Waals surface area contributed by atoms with E-state index >= 15 is 0 Å². The fourth-order valence-electron chi connectivity index (χ4n) is 2.34. The molecule has 1 fully saturated rings. The molecule has 0 saturated heterocycles. The maximum atomic E-state index is 11.4. The van der Waals surface area contributed by atoms with E-state index in [1.54, 1.807) is 0 Å². The third-order valence-electron chi connectivity index (χ3n) is 4.23. The Balaban J connectivity index is 2.55. The van der Waals surface area contributed by atoms with Crippen LogP contribution < -0.4 is 0 Å². The minimum absolute atomic E-state index is 0.0976. The molecule has 0 aliphatic heterocycles. The van der Waals surface area contributed by atoms with Crippen LogP contribution in [0.5, 0.6) is 0 Å². The largest absolute Gasteiger partial charge is 0.303 e. The average Bonchev–Trinajstić information content (AvgIpc) is 3.14. The quantitative estimate of drug-likeness (QED) is 0.574. The molecule has 1 saturated carbocycles. The first-order valence-corrected chi connectivity index (χ1v) is 7.27. The van der Waals surface area contributed by atoms with Gasteiger partial charge in [0.15, 0.2) is 0 Å². The Morgan fingerprint density at radius 2 is 1.88 bits per heavy atom. The van der Waals surface area contributed by atoms with Crippen LogP contribution >= 0.6 is 0 Å². The van der Waals surface area contributed by atoms with Crippen LogP contribution in [-0.4, -0.2) is 30.3 Å². The highest BCUT2D eigenvalue weighted by molar-refractivity contribution is 5.59. The normalized spacial score (nSPS) is 16.8. The van der Waals surface area contributed by atoms with Gasteiger partial charge in [0.2, 0.25) is 0 Å². The predicted molar refractivity (Wildman–Crippen MR) is 73.1 cm³/mol. The molecule has 0 bridgehead atoms. The summed E-state index contributed by atoms with van der Waals surface area (Å²) in [6, 6.07) is 0.770. The molecular formula is C15H29NO. The Bertz CT molecular complexity index is 229. The Labute approximate surface area is 107 Å². The van der Waals surface area contributed by atoms with Crippen LogP contribution in [0, 0.1) is 11.3 Å². The van der Waals surface area contributed by atoms with Gasteiger partial charge in [-0.1, -0.05) is 27.7 Å². The predicted octanol–water partition coefficient (Wildman–Crippen LogP) is 3.50. The molecule has 0 N–H and O–H groups in total. The van der Waals surface area contributed by atoms with Crippen LogP contribution in [-0.2, 0) is 4.79 Å². The molecule has 100 valence electrons. The first-order valence-electron chi connectivity index (χ1n) is 7.27. The second-order valence-corrected chi connectivity index (χ2v) is 6.07. The molecule has 0 aromatic carbocycles. The number of hydrogen-bond donors (Lipinski definition) is 0. The molecule has 0 unspecified atom stereocenters. The van der Waals surface area contributed by atoms with Crippen molar-refractivity contribution in [1.82, 2.24) is 4.90 Å². The molecule has 17 heavy (non-hydrogen) atoms. The minimum Gasteiger partial charge on any atom is -0.303 e. The van der Waals surface area contributed by atoms with E-state index in [2.05, 4.69) is 32.6 Å². The SMILES string of the molecule is CCC(C=O)(CC)CN(CCC(C)C)C1CC1. The third kappa shape index (κ3) is 4.42. The molecule has 0 aromatic heterocycles. The molecule has 2 heteroatoms. The van der Waals surface area contributed by atoms with Crippen molar-refractivity contribution in [2.75, 3.05) is 13.1 Å². The highest BCUT2D eigenvalue weighted by Gasteiger charge is 2.35. The highest BCUT2D eigenvalue weighted by Crippen LogP contribution is 2.33. The van der Waals surface area contributed by atoms with Gasteiger partial charge >= 0.3 is 0 Å². The zero-order valence-corrected chi connectivity index (χ0v) is 12.0. The molecule has 0 spiro atoms. The Morgan fingerprint density at radius 1 is 1.29 bits per heavy atom. The zero-order valence-electron chi connectivity index (χ0n) is 12.0. The van der Waals surface area contributed by atoms with E-state index in [-0.39, 0.29) is 5.41 Å². The van der Waals surface area contributed by atoms with Crippen LogP contribution in [0.15, 0.2) is 0 Å². The van der Waals surface area contributed by atoms with Crippen molar-refractivity contribution in [2.45, 2.75) is 65.8 Å². The maximum Gasteiger partial charge on any atom is 0.127 e. The van der Waals surface area contributed by atoms with Crippen LogP contribution in [0.2, 0.25) is 0 Å². The van der Waals surface area contributed by atoms with Gasteiger partial charge in [-0.3, -0.25) is 4.90 Å². The monoisotopic (exact) mass is 239 g/mol. The fraction of sp³-hybridized carbons (Fsp3) is 0.933. The topological polar surface area (TPSA) is 20.3 Å². The van der Waals surface area contributed by atoms with E-state index in [0.29, 0.717) is 0 Å². The molecule has 0 atom stereocenters. The van der Waals surface area contributed by atoms with Gasteiger partial charge in [-0.15, -0.1) is 0 Å². The first-order chi connectivity index (χ1) is 8.06. The summed E-state index contributed by atoms with van der Waals surface area (Å²) in [5.41, 5.74) is -0.0976. The summed E-state index contributed by atoms with van der Waals surface area (Å²) in [7, 11) is 0. The average molecular weight is 239 g/mol. The lowest BCUT2D eigenvalue weighted by molar-refractivity contribution is -0.117. The van der Waals surface area contributed by atoms with Gasteiger partial charge in [0.1, 0.15) is 6.29 Å². The number of carbonyl (C=O) groups excluding carboxylic acids is 1. The van der Waals surface area contributed by atoms with Crippen LogP contribution in [0.4, 0.5) is 0 Å². The van der Waals surface area contributed by atoms with Crippen molar-refractivity contribution in [3.05, 3.63) is 0 Å². The maximum absolute atomic E-state index is 11.4. The van der Waals surface area contributed by atoms with E-state index in [1.165, 1.54) is 25.5 Å². The zero-order chi connectivity index (χ0) is 12.9.